The van der Waals surface area contributed by atoms with E-state index in [2.05, 4.69) is 10.7 Å². The Balaban J connectivity index is 1.43. The number of benzene rings is 5. The first-order valence-electron chi connectivity index (χ1n) is 16.6. The molecule has 284 valence electrons. The third-order valence-corrected chi connectivity index (χ3v) is 9.42. The summed E-state index contributed by atoms with van der Waals surface area (Å²) in [6.07, 6.45) is -12.1. The van der Waals surface area contributed by atoms with Crippen molar-refractivity contribution in [2.75, 3.05) is 20.8 Å². The van der Waals surface area contributed by atoms with Crippen LogP contribution in [-0.4, -0.2) is 48.4 Å². The molecule has 2 unspecified atom stereocenters. The number of nitrogens with one attached hydrogen (secondary N) is 2. The summed E-state index contributed by atoms with van der Waals surface area (Å²) < 4.78 is 90.0. The molecule has 5 aromatic rings. The first kappa shape index (κ1) is 38.4. The highest BCUT2D eigenvalue weighted by molar-refractivity contribution is 6.03. The molecule has 15 heteroatoms. The predicted molar refractivity (Wildman–Crippen MR) is 188 cm³/mol. The fourth-order valence-corrected chi connectivity index (χ4v) is 6.73. The second-order valence-electron chi connectivity index (χ2n) is 12.6. The maximum atomic E-state index is 14.3. The average Bonchev–Trinajstić information content (AvgIpc) is 3.17. The summed E-state index contributed by atoms with van der Waals surface area (Å²) >= 11 is 0. The topological polar surface area (TPSA) is 114 Å². The molecule has 0 fully saturated rings. The smallest absolute Gasteiger partial charge is 0.496 e. The lowest BCUT2D eigenvalue weighted by molar-refractivity contribution is -0.926. The summed E-state index contributed by atoms with van der Waals surface area (Å²) in [7, 11) is 2.63. The van der Waals surface area contributed by atoms with Crippen molar-refractivity contribution < 1.29 is 59.9 Å². The Morgan fingerprint density at radius 1 is 0.655 bits per heavy atom. The van der Waals surface area contributed by atoms with Gasteiger partial charge >= 0.3 is 18.4 Å². The fraction of sp³-hybridized carbons (Fsp3) is 0.175. The van der Waals surface area contributed by atoms with Crippen LogP contribution in [0.5, 0.6) is 11.5 Å². The van der Waals surface area contributed by atoms with Gasteiger partial charge in [-0.3, -0.25) is 14.9 Å². The van der Waals surface area contributed by atoms with E-state index in [1.54, 1.807) is 24.3 Å². The van der Waals surface area contributed by atoms with Gasteiger partial charge in [0.1, 0.15) is 18.0 Å². The number of hydrogen-bond acceptors (Lipinski definition) is 5. The summed E-state index contributed by atoms with van der Waals surface area (Å²) in [4.78, 5) is 42.1. The Morgan fingerprint density at radius 3 is 1.58 bits per heavy atom. The number of alkyl halides is 6. The van der Waals surface area contributed by atoms with Crippen LogP contribution in [0.4, 0.5) is 31.1 Å². The van der Waals surface area contributed by atoms with Crippen LogP contribution >= 0.6 is 0 Å². The molecule has 3 N–H and O–H groups in total. The van der Waals surface area contributed by atoms with Crippen LogP contribution in [0.15, 0.2) is 109 Å². The van der Waals surface area contributed by atoms with Gasteiger partial charge in [-0.25, -0.2) is 0 Å². The Bertz CT molecular complexity index is 2260. The number of carbonyl (C=O) groups is 3. The number of carbonyl (C=O) groups excluding carboxylic acids is 2. The molecule has 0 saturated heterocycles. The van der Waals surface area contributed by atoms with Gasteiger partial charge in [-0.2, -0.15) is 36.6 Å². The zero-order chi connectivity index (χ0) is 39.7. The van der Waals surface area contributed by atoms with Gasteiger partial charge in [0.15, 0.2) is 0 Å². The summed E-state index contributed by atoms with van der Waals surface area (Å²) in [5, 5.41) is 13.7. The number of rotatable bonds is 7. The van der Waals surface area contributed by atoms with Crippen molar-refractivity contribution in [2.24, 2.45) is 0 Å². The molecule has 5 aromatic carbocycles. The molecule has 6 rings (SSSR count). The fourth-order valence-electron chi connectivity index (χ4n) is 6.73. The molecule has 0 aliphatic carbocycles. The maximum Gasteiger partial charge on any atom is 0.541 e. The lowest BCUT2D eigenvalue weighted by atomic mass is 9.94. The zero-order valence-corrected chi connectivity index (χ0v) is 29.1. The van der Waals surface area contributed by atoms with Gasteiger partial charge in [-0.05, 0) is 65.2 Å². The number of quaternary nitrogens is 1. The molecule has 0 radical (unpaired) electrons. The lowest BCUT2D eigenvalue weighted by Gasteiger charge is -2.42. The minimum Gasteiger partial charge on any atom is -0.496 e. The molecule has 0 spiro atoms. The van der Waals surface area contributed by atoms with Crippen LogP contribution < -0.4 is 20.2 Å². The Labute approximate surface area is 310 Å². The zero-order valence-electron chi connectivity index (χ0n) is 29.1. The van der Waals surface area contributed by atoms with Crippen LogP contribution in [-0.2, 0) is 18.8 Å². The molecule has 1 heterocycles. The third kappa shape index (κ3) is 7.42. The summed E-state index contributed by atoms with van der Waals surface area (Å²) in [6.45, 7) is -0.257. The highest BCUT2D eigenvalue weighted by Crippen LogP contribution is 2.40. The number of carboxylic acid groups (broad SMARTS) is 1. The number of amides is 3. The van der Waals surface area contributed by atoms with Crippen molar-refractivity contribution in [2.45, 2.75) is 24.9 Å². The van der Waals surface area contributed by atoms with Gasteiger partial charge in [0.2, 0.25) is 6.17 Å². The number of halogens is 6. The average molecular weight is 765 g/mol. The van der Waals surface area contributed by atoms with E-state index < -0.39 is 52.1 Å². The van der Waals surface area contributed by atoms with E-state index in [1.165, 1.54) is 74.9 Å². The second kappa shape index (κ2) is 14.8. The standard InChI is InChI=1S/C40H31F6N3O6/c1-54-31-11-5-9-29(33(31)24-13-17-26(18-14-24)39(41,42)43)36(50)47-35-28-8-4-3-7-23(28)21-22-49(35,38(52)53)48-37(51)30-10-6-12-32(55-2)34(30)25-15-19-27(20-16-25)40(44,45)46/h3-20,35H,21-22H2,1-2H3,(H2-,47,48,50,51,52,53)/p+1. The van der Waals surface area contributed by atoms with Crippen LogP contribution in [0, 0.1) is 0 Å². The van der Waals surface area contributed by atoms with Crippen LogP contribution in [0.2, 0.25) is 0 Å². The normalized spacial score (nSPS) is 16.8. The minimum atomic E-state index is -4.62. The predicted octanol–water partition coefficient (Wildman–Crippen LogP) is 8.90. The SMILES string of the molecule is COc1cccc(C(=O)NC2c3ccccc3CC[N+]2(NC(=O)c2cccc(OC)c2-c2ccc(C(F)(F)F)cc2)C(=O)O)c1-c1ccc(C(F)(F)F)cc1. The molecule has 3 amide bonds. The Kier molecular flexibility index (Phi) is 10.3. The number of fused-ring (bicyclic) bond motifs is 1. The van der Waals surface area contributed by atoms with Crippen molar-refractivity contribution in [1.29, 1.82) is 0 Å². The molecule has 1 aliphatic rings. The van der Waals surface area contributed by atoms with Crippen LogP contribution in [0.3, 0.4) is 0 Å². The Morgan fingerprint density at radius 2 is 1.13 bits per heavy atom. The molecular weight excluding hydrogens is 732 g/mol. The third-order valence-electron chi connectivity index (χ3n) is 9.42. The first-order valence-corrected chi connectivity index (χ1v) is 16.6. The molecular formula is C40H32F6N3O6+. The molecule has 55 heavy (non-hydrogen) atoms. The lowest BCUT2D eigenvalue weighted by Crippen LogP contribution is -2.70. The summed E-state index contributed by atoms with van der Waals surface area (Å²) in [6, 6.07) is 23.6. The number of hydrogen-bond donors (Lipinski definition) is 3. The van der Waals surface area contributed by atoms with Crippen molar-refractivity contribution in [3.05, 3.63) is 143 Å². The van der Waals surface area contributed by atoms with E-state index >= 15 is 0 Å². The van der Waals surface area contributed by atoms with Gasteiger partial charge in [-0.15, -0.1) is 0 Å². The van der Waals surface area contributed by atoms with Gasteiger partial charge in [0.25, 0.3) is 11.8 Å². The van der Waals surface area contributed by atoms with Gasteiger partial charge in [-0.1, -0.05) is 65.3 Å². The van der Waals surface area contributed by atoms with E-state index in [0.717, 1.165) is 24.3 Å². The largest absolute Gasteiger partial charge is 0.541 e. The molecule has 2 atom stereocenters. The van der Waals surface area contributed by atoms with Crippen molar-refractivity contribution >= 4 is 17.9 Å². The maximum absolute atomic E-state index is 14.3. The molecule has 9 nitrogen and oxygen atoms in total. The van der Waals surface area contributed by atoms with Crippen molar-refractivity contribution in [1.82, 2.24) is 10.7 Å². The highest BCUT2D eigenvalue weighted by atomic mass is 19.4. The monoisotopic (exact) mass is 764 g/mol. The number of methoxy groups -OCH3 is 2. The summed E-state index contributed by atoms with van der Waals surface area (Å²) in [5.41, 5.74) is 2.24. The van der Waals surface area contributed by atoms with E-state index in [1.807, 2.05) is 0 Å². The van der Waals surface area contributed by atoms with Gasteiger partial charge in [0.05, 0.1) is 36.5 Å². The van der Waals surface area contributed by atoms with E-state index in [-0.39, 0.29) is 57.8 Å². The van der Waals surface area contributed by atoms with Crippen LogP contribution in [0.25, 0.3) is 22.3 Å². The second-order valence-corrected chi connectivity index (χ2v) is 12.6. The van der Waals surface area contributed by atoms with E-state index in [0.29, 0.717) is 11.1 Å². The molecule has 0 saturated carbocycles. The summed E-state index contributed by atoms with van der Waals surface area (Å²) in [5.74, 6) is -1.50. The van der Waals surface area contributed by atoms with E-state index in [9.17, 15) is 45.8 Å². The minimum absolute atomic E-state index is 0.0608. The highest BCUT2D eigenvalue weighted by Gasteiger charge is 2.52. The van der Waals surface area contributed by atoms with E-state index in [4.69, 9.17) is 9.47 Å². The molecule has 0 aromatic heterocycles. The van der Waals surface area contributed by atoms with Crippen LogP contribution in [0.1, 0.15) is 49.1 Å². The quantitative estimate of drug-likeness (QED) is 0.113. The van der Waals surface area contributed by atoms with Gasteiger partial charge in [0, 0.05) is 23.1 Å². The number of ether oxygens (including phenoxy) is 2. The van der Waals surface area contributed by atoms with Crippen molar-refractivity contribution in [3.63, 3.8) is 0 Å². The molecule has 1 aliphatic heterocycles. The van der Waals surface area contributed by atoms with Gasteiger partial charge < -0.3 is 14.6 Å². The first-order chi connectivity index (χ1) is 26.1. The number of nitrogens with zero attached hydrogens (tertiary/aromatic N) is 1. The molecule has 0 bridgehead atoms. The van der Waals surface area contributed by atoms with Crippen molar-refractivity contribution in [3.8, 4) is 33.8 Å². The Hall–Kier alpha value is -6.35.